The maximum Gasteiger partial charge on any atom is 0.472 e. The van der Waals surface area contributed by atoms with Gasteiger partial charge in [0.05, 0.1) is 13.2 Å². The first-order valence-electron chi connectivity index (χ1n) is 22.7. The van der Waals surface area contributed by atoms with Crippen molar-refractivity contribution in [2.75, 3.05) is 19.8 Å². The van der Waals surface area contributed by atoms with Crippen molar-refractivity contribution in [1.82, 2.24) is 0 Å². The van der Waals surface area contributed by atoms with Gasteiger partial charge in [0.2, 0.25) is 0 Å². The first-order valence-corrected chi connectivity index (χ1v) is 24.2. The number of aliphatic hydroxyl groups excluding tert-OH is 5. The van der Waals surface area contributed by atoms with E-state index in [0.717, 1.165) is 64.2 Å². The predicted molar refractivity (Wildman–Crippen MR) is 226 cm³/mol. The molecule has 0 heterocycles. The lowest BCUT2D eigenvalue weighted by atomic mass is 9.85. The Morgan fingerprint density at radius 2 is 1.00 bits per heavy atom. The molecule has 0 spiro atoms. The van der Waals surface area contributed by atoms with E-state index in [1.165, 1.54) is 96.3 Å². The first-order chi connectivity index (χ1) is 27.5. The molecule has 0 aromatic carbocycles. The molecule has 13 heteroatoms. The third-order valence-corrected chi connectivity index (χ3v) is 11.6. The minimum atomic E-state index is -5.02. The molecule has 0 amide bonds. The Hall–Kier alpha value is -1.18. The zero-order valence-electron chi connectivity index (χ0n) is 35.6. The fourth-order valence-electron chi connectivity index (χ4n) is 6.90. The smallest absolute Gasteiger partial charge is 0.457 e. The molecule has 1 saturated carbocycles. The summed E-state index contributed by atoms with van der Waals surface area (Å²) in [5.74, 6) is -0.489. The quantitative estimate of drug-likeness (QED) is 0.0150. The summed E-state index contributed by atoms with van der Waals surface area (Å²) in [6, 6.07) is 0. The topological polar surface area (TPSA) is 192 Å². The molecule has 336 valence electrons. The first kappa shape index (κ1) is 53.8. The number of hydrogen-bond donors (Lipinski definition) is 6. The second-order valence-corrected chi connectivity index (χ2v) is 17.3. The lowest BCUT2D eigenvalue weighted by Crippen LogP contribution is -2.64. The summed E-state index contributed by atoms with van der Waals surface area (Å²) >= 11 is 0. The predicted octanol–water partition coefficient (Wildman–Crippen LogP) is 8.92. The molecule has 6 unspecified atom stereocenters. The second kappa shape index (κ2) is 35.6. The van der Waals surface area contributed by atoms with Gasteiger partial charge in [-0.1, -0.05) is 167 Å². The average Bonchev–Trinajstić information content (AvgIpc) is 3.19. The molecule has 0 aromatic rings. The maximum atomic E-state index is 12.8. The highest BCUT2D eigenvalue weighted by atomic mass is 31.2. The van der Waals surface area contributed by atoms with Gasteiger partial charge < -0.3 is 39.9 Å². The molecule has 6 N–H and O–H groups in total. The van der Waals surface area contributed by atoms with Crippen molar-refractivity contribution >= 4 is 13.8 Å². The van der Waals surface area contributed by atoms with Crippen LogP contribution in [-0.4, -0.2) is 98.9 Å². The van der Waals surface area contributed by atoms with Gasteiger partial charge in [0.15, 0.2) is 0 Å². The number of unbranched alkanes of at least 4 members (excludes halogenated alkanes) is 22. The maximum absolute atomic E-state index is 12.8. The van der Waals surface area contributed by atoms with Crippen LogP contribution in [0.15, 0.2) is 24.3 Å². The molecule has 1 fully saturated rings. The van der Waals surface area contributed by atoms with Gasteiger partial charge in [0.1, 0.15) is 42.7 Å². The number of phosphoric ester groups is 1. The number of allylic oxidation sites excluding steroid dienone is 4. The van der Waals surface area contributed by atoms with Crippen LogP contribution in [-0.2, 0) is 27.9 Å². The van der Waals surface area contributed by atoms with Gasteiger partial charge in [-0.05, 0) is 38.5 Å². The van der Waals surface area contributed by atoms with Crippen LogP contribution in [0.1, 0.15) is 187 Å². The summed E-state index contributed by atoms with van der Waals surface area (Å²) in [6.45, 7) is 4.21. The fraction of sp³-hybridized carbons (Fsp3) is 0.886. The van der Waals surface area contributed by atoms with E-state index in [9.17, 15) is 39.8 Å². The number of aliphatic hydroxyl groups is 5. The molecule has 12 nitrogen and oxygen atoms in total. The summed E-state index contributed by atoms with van der Waals surface area (Å²) in [5, 5.41) is 50.1. The standard InChI is InChI=1S/C44H83O12P/c1-3-5-7-9-11-13-15-17-19-20-22-24-26-28-30-32-34-53-35-37(36-54-57(51,52)56-44-42(49)40(47)39(46)41(48)43(44)50)55-38(45)33-31-29-27-25-23-21-18-16-14-12-10-8-6-4-2/h10,12,16,18,37,39-44,46-50H,3-9,11,13-15,17,19-36H2,1-2H3,(H,51,52)/b12-10-,18-16-/t37-,39?,40-,41?,42?,43?,44?/m1/s1. The Kier molecular flexibility index (Phi) is 33.6. The van der Waals surface area contributed by atoms with Gasteiger partial charge >= 0.3 is 13.8 Å². The van der Waals surface area contributed by atoms with Crippen LogP contribution in [0.5, 0.6) is 0 Å². The second-order valence-electron chi connectivity index (χ2n) is 15.9. The number of hydrogen-bond acceptors (Lipinski definition) is 11. The van der Waals surface area contributed by atoms with E-state index in [2.05, 4.69) is 38.2 Å². The van der Waals surface area contributed by atoms with Crippen molar-refractivity contribution < 1.29 is 58.3 Å². The van der Waals surface area contributed by atoms with Crippen LogP contribution < -0.4 is 0 Å². The lowest BCUT2D eigenvalue weighted by Gasteiger charge is -2.41. The molecular weight excluding hydrogens is 751 g/mol. The van der Waals surface area contributed by atoms with Crippen molar-refractivity contribution in [3.05, 3.63) is 24.3 Å². The van der Waals surface area contributed by atoms with E-state index in [0.29, 0.717) is 13.0 Å². The Balaban J connectivity index is 2.41. The van der Waals surface area contributed by atoms with Gasteiger partial charge in [-0.3, -0.25) is 13.8 Å². The van der Waals surface area contributed by atoms with Crippen molar-refractivity contribution in [2.24, 2.45) is 0 Å². The van der Waals surface area contributed by atoms with Gasteiger partial charge in [-0.2, -0.15) is 0 Å². The van der Waals surface area contributed by atoms with E-state index < -0.39 is 63.1 Å². The summed E-state index contributed by atoms with van der Waals surface area (Å²) < 4.78 is 34.1. The SMILES string of the molecule is CCCC/C=C\C/C=C\CCCCCCCC(=O)O[C@H](COCCCCCCCCCCCCCCCCCC)COP(=O)(O)OC1C(O)C(O)C(O)[C@@H](O)C1O. The van der Waals surface area contributed by atoms with Gasteiger partial charge in [-0.15, -0.1) is 0 Å². The third kappa shape index (κ3) is 28.1. The molecule has 1 aliphatic carbocycles. The van der Waals surface area contributed by atoms with Crippen molar-refractivity contribution in [3.8, 4) is 0 Å². The monoisotopic (exact) mass is 835 g/mol. The van der Waals surface area contributed by atoms with E-state index in [1.54, 1.807) is 0 Å². The number of carbonyl (C=O) groups excluding carboxylic acids is 1. The Morgan fingerprint density at radius 3 is 1.53 bits per heavy atom. The van der Waals surface area contributed by atoms with Gasteiger partial charge in [0, 0.05) is 13.0 Å². The molecule has 0 aliphatic heterocycles. The summed E-state index contributed by atoms with van der Waals surface area (Å²) in [5.41, 5.74) is 0. The van der Waals surface area contributed by atoms with Crippen LogP contribution in [0.4, 0.5) is 0 Å². The van der Waals surface area contributed by atoms with Crippen LogP contribution >= 0.6 is 7.82 Å². The molecule has 1 aliphatic rings. The third-order valence-electron chi connectivity index (χ3n) is 10.6. The minimum Gasteiger partial charge on any atom is -0.457 e. The molecule has 0 radical (unpaired) electrons. The van der Waals surface area contributed by atoms with Crippen molar-refractivity contribution in [1.29, 1.82) is 0 Å². The Morgan fingerprint density at radius 1 is 0.561 bits per heavy atom. The highest BCUT2D eigenvalue weighted by Gasteiger charge is 2.51. The normalized spacial score (nSPS) is 23.0. The lowest BCUT2D eigenvalue weighted by molar-refractivity contribution is -0.220. The van der Waals surface area contributed by atoms with Crippen molar-refractivity contribution in [3.63, 3.8) is 0 Å². The number of rotatable bonds is 38. The number of carbonyl (C=O) groups is 1. The molecule has 1 rings (SSSR count). The molecular formula is C44H83O12P. The van der Waals surface area contributed by atoms with Gasteiger partial charge in [-0.25, -0.2) is 4.57 Å². The fourth-order valence-corrected chi connectivity index (χ4v) is 7.87. The number of phosphoric acid groups is 1. The highest BCUT2D eigenvalue weighted by Crippen LogP contribution is 2.47. The summed E-state index contributed by atoms with van der Waals surface area (Å²) in [6.07, 6.45) is 26.7. The average molecular weight is 835 g/mol. The zero-order chi connectivity index (χ0) is 42.0. The van der Waals surface area contributed by atoms with E-state index >= 15 is 0 Å². The minimum absolute atomic E-state index is 0.0785. The van der Waals surface area contributed by atoms with E-state index in [-0.39, 0.29) is 13.0 Å². The molecule has 8 atom stereocenters. The molecule has 0 aromatic heterocycles. The summed E-state index contributed by atoms with van der Waals surface area (Å²) in [7, 11) is -5.02. The molecule has 57 heavy (non-hydrogen) atoms. The Labute approximate surface area is 345 Å². The van der Waals surface area contributed by atoms with Crippen molar-refractivity contribution in [2.45, 2.75) is 230 Å². The molecule has 0 bridgehead atoms. The number of ether oxygens (including phenoxy) is 2. The van der Waals surface area contributed by atoms with Crippen LogP contribution in [0, 0.1) is 0 Å². The summed E-state index contributed by atoms with van der Waals surface area (Å²) in [4.78, 5) is 23.1. The zero-order valence-corrected chi connectivity index (χ0v) is 36.5. The highest BCUT2D eigenvalue weighted by molar-refractivity contribution is 7.47. The van der Waals surface area contributed by atoms with Crippen LogP contribution in [0.2, 0.25) is 0 Å². The number of esters is 1. The van der Waals surface area contributed by atoms with Crippen LogP contribution in [0.25, 0.3) is 0 Å². The largest absolute Gasteiger partial charge is 0.472 e. The van der Waals surface area contributed by atoms with E-state index in [1.807, 2.05) is 0 Å². The Bertz CT molecular complexity index is 1040. The molecule has 0 saturated heterocycles. The van der Waals surface area contributed by atoms with Gasteiger partial charge in [0.25, 0.3) is 0 Å². The van der Waals surface area contributed by atoms with E-state index in [4.69, 9.17) is 18.5 Å². The van der Waals surface area contributed by atoms with Crippen LogP contribution in [0.3, 0.4) is 0 Å².